The molecule has 0 aliphatic rings. The molecular weight excluding hydrogens is 166 g/mol. The molecule has 5 nitrogen and oxygen atoms in total. The SMILES string of the molecule is Cc1nc2nc(C#N)cc(N)c2[nH]1. The summed E-state index contributed by atoms with van der Waals surface area (Å²) in [6, 6.07) is 3.45. The average molecular weight is 173 g/mol. The lowest BCUT2D eigenvalue weighted by molar-refractivity contribution is 1.16. The van der Waals surface area contributed by atoms with Crippen molar-refractivity contribution in [3.63, 3.8) is 0 Å². The molecule has 0 atom stereocenters. The predicted molar refractivity (Wildman–Crippen MR) is 47.8 cm³/mol. The highest BCUT2D eigenvalue weighted by Gasteiger charge is 2.06. The van der Waals surface area contributed by atoms with Crippen molar-refractivity contribution in [2.75, 3.05) is 5.73 Å². The Morgan fingerprint density at radius 2 is 2.31 bits per heavy atom. The molecule has 3 N–H and O–H groups in total. The second kappa shape index (κ2) is 2.45. The van der Waals surface area contributed by atoms with Crippen LogP contribution in [-0.4, -0.2) is 15.0 Å². The molecule has 0 saturated carbocycles. The Balaban J connectivity index is 2.85. The van der Waals surface area contributed by atoms with Crippen molar-refractivity contribution in [2.24, 2.45) is 0 Å². The van der Waals surface area contributed by atoms with Gasteiger partial charge in [-0.1, -0.05) is 0 Å². The smallest absolute Gasteiger partial charge is 0.181 e. The average Bonchev–Trinajstić information content (AvgIpc) is 2.46. The Kier molecular flexibility index (Phi) is 1.43. The van der Waals surface area contributed by atoms with Crippen molar-refractivity contribution in [3.05, 3.63) is 17.6 Å². The summed E-state index contributed by atoms with van der Waals surface area (Å²) in [6.07, 6.45) is 0. The van der Waals surface area contributed by atoms with Crippen molar-refractivity contribution in [2.45, 2.75) is 6.92 Å². The number of aromatic amines is 1. The molecule has 0 spiro atoms. The lowest BCUT2D eigenvalue weighted by Crippen LogP contribution is -1.91. The zero-order valence-corrected chi connectivity index (χ0v) is 7.00. The van der Waals surface area contributed by atoms with E-state index in [-0.39, 0.29) is 5.69 Å². The Labute approximate surface area is 74.2 Å². The number of aryl methyl sites for hydroxylation is 1. The third-order valence-corrected chi connectivity index (χ3v) is 1.72. The van der Waals surface area contributed by atoms with E-state index in [1.54, 1.807) is 0 Å². The van der Waals surface area contributed by atoms with E-state index in [2.05, 4.69) is 15.0 Å². The Morgan fingerprint density at radius 1 is 1.54 bits per heavy atom. The number of hydrogen-bond donors (Lipinski definition) is 2. The molecule has 0 fully saturated rings. The number of fused-ring (bicyclic) bond motifs is 1. The molecule has 0 unspecified atom stereocenters. The van der Waals surface area contributed by atoms with Crippen molar-refractivity contribution in [1.29, 1.82) is 5.26 Å². The molecule has 2 aromatic heterocycles. The molecule has 2 aromatic rings. The van der Waals surface area contributed by atoms with E-state index < -0.39 is 0 Å². The number of H-pyrrole nitrogens is 1. The highest BCUT2D eigenvalue weighted by molar-refractivity contribution is 5.84. The fourth-order valence-corrected chi connectivity index (χ4v) is 1.18. The van der Waals surface area contributed by atoms with E-state index in [9.17, 15) is 0 Å². The summed E-state index contributed by atoms with van der Waals surface area (Å²) in [7, 11) is 0. The number of pyridine rings is 1. The van der Waals surface area contributed by atoms with Gasteiger partial charge in [-0.15, -0.1) is 0 Å². The number of nitrogens with one attached hydrogen (secondary N) is 1. The van der Waals surface area contributed by atoms with Gasteiger partial charge in [-0.05, 0) is 13.0 Å². The summed E-state index contributed by atoms with van der Waals surface area (Å²) >= 11 is 0. The summed E-state index contributed by atoms with van der Waals surface area (Å²) in [5.41, 5.74) is 7.66. The normalized spacial score (nSPS) is 10.2. The van der Waals surface area contributed by atoms with Gasteiger partial charge in [-0.3, -0.25) is 0 Å². The summed E-state index contributed by atoms with van der Waals surface area (Å²) < 4.78 is 0. The van der Waals surface area contributed by atoms with Crippen molar-refractivity contribution in [3.8, 4) is 6.07 Å². The van der Waals surface area contributed by atoms with Gasteiger partial charge in [0.2, 0.25) is 0 Å². The number of rotatable bonds is 0. The number of nitrogen functional groups attached to an aromatic ring is 1. The molecular formula is C8H7N5. The monoisotopic (exact) mass is 173 g/mol. The van der Waals surface area contributed by atoms with Gasteiger partial charge in [-0.2, -0.15) is 5.26 Å². The second-order valence-corrected chi connectivity index (χ2v) is 2.73. The van der Waals surface area contributed by atoms with Crippen LogP contribution in [0.1, 0.15) is 11.5 Å². The van der Waals surface area contributed by atoms with Gasteiger partial charge in [0.25, 0.3) is 0 Å². The number of aromatic nitrogens is 3. The number of nitrogens with two attached hydrogens (primary N) is 1. The van der Waals surface area contributed by atoms with Crippen molar-refractivity contribution >= 4 is 16.9 Å². The van der Waals surface area contributed by atoms with Crippen LogP contribution < -0.4 is 5.73 Å². The second-order valence-electron chi connectivity index (χ2n) is 2.73. The third kappa shape index (κ3) is 1.08. The quantitative estimate of drug-likeness (QED) is 0.614. The number of nitriles is 1. The zero-order chi connectivity index (χ0) is 9.42. The van der Waals surface area contributed by atoms with E-state index in [1.165, 1.54) is 6.07 Å². The topological polar surface area (TPSA) is 91.4 Å². The molecule has 2 rings (SSSR count). The number of anilines is 1. The largest absolute Gasteiger partial charge is 0.397 e. The molecule has 0 aromatic carbocycles. The first-order valence-corrected chi connectivity index (χ1v) is 3.73. The first-order chi connectivity index (χ1) is 6.20. The van der Waals surface area contributed by atoms with Crippen LogP contribution in [0.25, 0.3) is 11.2 Å². The fraction of sp³-hybridized carbons (Fsp3) is 0.125. The molecule has 0 bridgehead atoms. The van der Waals surface area contributed by atoms with E-state index in [1.807, 2.05) is 13.0 Å². The van der Waals surface area contributed by atoms with E-state index in [4.69, 9.17) is 11.0 Å². The van der Waals surface area contributed by atoms with Gasteiger partial charge < -0.3 is 10.7 Å². The van der Waals surface area contributed by atoms with Crippen LogP contribution in [0, 0.1) is 18.3 Å². The highest BCUT2D eigenvalue weighted by Crippen LogP contribution is 2.17. The maximum Gasteiger partial charge on any atom is 0.181 e. The maximum atomic E-state index is 8.62. The molecule has 0 saturated heterocycles. The van der Waals surface area contributed by atoms with Gasteiger partial charge in [0.05, 0.1) is 5.69 Å². The molecule has 0 radical (unpaired) electrons. The zero-order valence-electron chi connectivity index (χ0n) is 7.00. The van der Waals surface area contributed by atoms with E-state index >= 15 is 0 Å². The van der Waals surface area contributed by atoms with E-state index in [0.29, 0.717) is 16.9 Å². The minimum Gasteiger partial charge on any atom is -0.397 e. The minimum atomic E-state index is 0.288. The first kappa shape index (κ1) is 7.55. The summed E-state index contributed by atoms with van der Waals surface area (Å²) in [5, 5.41) is 8.62. The number of imidazole rings is 1. The molecule has 0 amide bonds. The van der Waals surface area contributed by atoms with Gasteiger partial charge in [-0.25, -0.2) is 9.97 Å². The lowest BCUT2D eigenvalue weighted by Gasteiger charge is -1.94. The van der Waals surface area contributed by atoms with Crippen LogP contribution in [0.2, 0.25) is 0 Å². The molecule has 2 heterocycles. The maximum absolute atomic E-state index is 8.62. The molecule has 0 aliphatic carbocycles. The minimum absolute atomic E-state index is 0.288. The Hall–Kier alpha value is -2.09. The van der Waals surface area contributed by atoms with Crippen molar-refractivity contribution in [1.82, 2.24) is 15.0 Å². The molecule has 5 heteroatoms. The molecule has 0 aliphatic heterocycles. The fourth-order valence-electron chi connectivity index (χ4n) is 1.18. The first-order valence-electron chi connectivity index (χ1n) is 3.73. The van der Waals surface area contributed by atoms with Gasteiger partial charge in [0.1, 0.15) is 23.1 Å². The van der Waals surface area contributed by atoms with Crippen LogP contribution >= 0.6 is 0 Å². The number of nitrogens with zero attached hydrogens (tertiary/aromatic N) is 3. The van der Waals surface area contributed by atoms with Gasteiger partial charge in [0.15, 0.2) is 5.65 Å². The lowest BCUT2D eigenvalue weighted by atomic mass is 10.3. The summed E-state index contributed by atoms with van der Waals surface area (Å²) in [5.74, 6) is 0.740. The van der Waals surface area contributed by atoms with Gasteiger partial charge in [0, 0.05) is 0 Å². The van der Waals surface area contributed by atoms with Crippen LogP contribution in [0.3, 0.4) is 0 Å². The Morgan fingerprint density at radius 3 is 3.00 bits per heavy atom. The molecule has 13 heavy (non-hydrogen) atoms. The highest BCUT2D eigenvalue weighted by atomic mass is 15.0. The number of hydrogen-bond acceptors (Lipinski definition) is 4. The molecule has 64 valence electrons. The standard InChI is InChI=1S/C8H7N5/c1-4-11-7-6(10)2-5(3-9)13-8(7)12-4/h2H,1H3,(H3,10,11,12,13). The van der Waals surface area contributed by atoms with E-state index in [0.717, 1.165) is 5.82 Å². The van der Waals surface area contributed by atoms with Crippen LogP contribution in [0.15, 0.2) is 6.07 Å². The summed E-state index contributed by atoms with van der Waals surface area (Å²) in [6.45, 7) is 1.81. The van der Waals surface area contributed by atoms with Crippen molar-refractivity contribution < 1.29 is 0 Å². The van der Waals surface area contributed by atoms with Crippen LogP contribution in [-0.2, 0) is 0 Å². The van der Waals surface area contributed by atoms with Crippen LogP contribution in [0.4, 0.5) is 5.69 Å². The predicted octanol–water partition coefficient (Wildman–Crippen LogP) is 0.720. The summed E-state index contributed by atoms with van der Waals surface area (Å²) in [4.78, 5) is 11.0. The van der Waals surface area contributed by atoms with Crippen LogP contribution in [0.5, 0.6) is 0 Å². The van der Waals surface area contributed by atoms with Gasteiger partial charge >= 0.3 is 0 Å². The third-order valence-electron chi connectivity index (χ3n) is 1.72. The Bertz CT molecular complexity index is 505.